The van der Waals surface area contributed by atoms with Crippen molar-refractivity contribution in [2.75, 3.05) is 7.11 Å². The van der Waals surface area contributed by atoms with Crippen molar-refractivity contribution in [3.8, 4) is 16.9 Å². The number of hydrogen-bond acceptors (Lipinski definition) is 4. The number of alkyl halides is 3. The molecule has 8 nitrogen and oxygen atoms in total. The number of imidazole rings is 1. The molecule has 4 rings (SSSR count). The van der Waals surface area contributed by atoms with E-state index in [1.165, 1.54) is 12.8 Å². The van der Waals surface area contributed by atoms with Gasteiger partial charge < -0.3 is 24.7 Å². The maximum absolute atomic E-state index is 12.9. The van der Waals surface area contributed by atoms with E-state index in [9.17, 15) is 18.0 Å². The van der Waals surface area contributed by atoms with E-state index >= 15 is 0 Å². The Balaban J connectivity index is 0.000000406. The monoisotopic (exact) mass is 478 g/mol. The van der Waals surface area contributed by atoms with E-state index in [1.807, 2.05) is 37.4 Å². The molecule has 0 fully saturated rings. The summed E-state index contributed by atoms with van der Waals surface area (Å²) in [5.74, 6) is -0.985. The van der Waals surface area contributed by atoms with Crippen LogP contribution in [0.1, 0.15) is 40.4 Å². The second-order valence-electron chi connectivity index (χ2n) is 7.64. The SMILES string of the molecule is COc1ccccc1-c1c[nH]cc1C(=O)NCc1c(C)nc2n1CCCC2.O=C(O)C(F)(F)F. The number of nitrogens with zero attached hydrogens (tertiary/aromatic N) is 2. The molecule has 0 aliphatic carbocycles. The van der Waals surface area contributed by atoms with Crippen molar-refractivity contribution in [2.45, 2.75) is 45.5 Å². The number of H-pyrrole nitrogens is 1. The lowest BCUT2D eigenvalue weighted by Gasteiger charge is -2.17. The smallest absolute Gasteiger partial charge is 0.490 e. The molecule has 1 amide bonds. The second kappa shape index (κ2) is 10.4. The molecule has 11 heteroatoms. The number of aryl methyl sites for hydroxylation is 2. The predicted octanol–water partition coefficient (Wildman–Crippen LogP) is 4.09. The standard InChI is InChI=1S/C21H24N4O2.C2HF3O2/c1-14-18(25-10-6-5-9-20(25)24-14)13-23-21(26)17-12-22-11-16(17)15-7-3-4-8-19(15)27-2;3-2(4,5)1(6)7/h3-4,7-8,11-12,22H,5-6,9-10,13H2,1-2H3,(H,23,26);(H,6,7). The summed E-state index contributed by atoms with van der Waals surface area (Å²) in [4.78, 5) is 29.5. The number of para-hydroxylation sites is 1. The van der Waals surface area contributed by atoms with Crippen LogP contribution in [0.25, 0.3) is 11.1 Å². The van der Waals surface area contributed by atoms with Crippen LogP contribution in [0.4, 0.5) is 13.2 Å². The van der Waals surface area contributed by atoms with Crippen LogP contribution in [-0.4, -0.2) is 44.8 Å². The van der Waals surface area contributed by atoms with Crippen LogP contribution in [0.2, 0.25) is 0 Å². The van der Waals surface area contributed by atoms with Gasteiger partial charge in [0.15, 0.2) is 0 Å². The van der Waals surface area contributed by atoms with Gasteiger partial charge in [0.2, 0.25) is 0 Å². The maximum atomic E-state index is 12.9. The van der Waals surface area contributed by atoms with Crippen LogP contribution in [0, 0.1) is 6.92 Å². The molecule has 1 aliphatic rings. The number of benzene rings is 1. The minimum atomic E-state index is -5.08. The number of carbonyl (C=O) groups excluding carboxylic acids is 1. The quantitative estimate of drug-likeness (QED) is 0.512. The van der Waals surface area contributed by atoms with Crippen molar-refractivity contribution in [3.63, 3.8) is 0 Å². The van der Waals surface area contributed by atoms with Gasteiger partial charge in [-0.1, -0.05) is 18.2 Å². The van der Waals surface area contributed by atoms with Gasteiger partial charge in [-0.3, -0.25) is 4.79 Å². The first-order valence-electron chi connectivity index (χ1n) is 10.6. The third-order valence-electron chi connectivity index (χ3n) is 5.43. The van der Waals surface area contributed by atoms with E-state index in [-0.39, 0.29) is 5.91 Å². The second-order valence-corrected chi connectivity index (χ2v) is 7.64. The average Bonchev–Trinajstić information content (AvgIpc) is 3.41. The van der Waals surface area contributed by atoms with E-state index in [4.69, 9.17) is 14.6 Å². The molecule has 3 N–H and O–H groups in total. The molecule has 1 aliphatic heterocycles. The summed E-state index contributed by atoms with van der Waals surface area (Å²) in [6.45, 7) is 3.48. The third-order valence-corrected chi connectivity index (χ3v) is 5.43. The summed E-state index contributed by atoms with van der Waals surface area (Å²) in [5, 5.41) is 10.2. The number of carboxylic acid groups (broad SMARTS) is 1. The molecule has 1 aromatic carbocycles. The number of methoxy groups -OCH3 is 1. The molecule has 0 radical (unpaired) electrons. The summed E-state index contributed by atoms with van der Waals surface area (Å²) >= 11 is 0. The molecule has 0 bridgehead atoms. The number of fused-ring (bicyclic) bond motifs is 1. The first-order valence-corrected chi connectivity index (χ1v) is 10.6. The van der Waals surface area contributed by atoms with Crippen molar-refractivity contribution in [1.29, 1.82) is 0 Å². The zero-order valence-corrected chi connectivity index (χ0v) is 18.7. The number of carboxylic acids is 1. The number of aliphatic carboxylic acids is 1. The van der Waals surface area contributed by atoms with Gasteiger partial charge in [0.05, 0.1) is 30.6 Å². The third kappa shape index (κ3) is 5.59. The normalized spacial score (nSPS) is 12.9. The lowest BCUT2D eigenvalue weighted by molar-refractivity contribution is -0.192. The molecular weight excluding hydrogens is 453 g/mol. The van der Waals surface area contributed by atoms with E-state index in [0.717, 1.165) is 47.1 Å². The van der Waals surface area contributed by atoms with Gasteiger partial charge in [0.25, 0.3) is 5.91 Å². The lowest BCUT2D eigenvalue weighted by atomic mass is 10.0. The van der Waals surface area contributed by atoms with Gasteiger partial charge in [0.1, 0.15) is 11.6 Å². The Labute approximate surface area is 193 Å². The molecule has 182 valence electrons. The first kappa shape index (κ1) is 24.9. The van der Waals surface area contributed by atoms with Gasteiger partial charge in [-0.05, 0) is 25.8 Å². The van der Waals surface area contributed by atoms with Crippen molar-refractivity contribution < 1.29 is 32.6 Å². The van der Waals surface area contributed by atoms with Gasteiger partial charge in [-0.15, -0.1) is 0 Å². The van der Waals surface area contributed by atoms with Gasteiger partial charge in [0, 0.05) is 36.5 Å². The summed E-state index contributed by atoms with van der Waals surface area (Å²) in [7, 11) is 1.64. The molecular formula is C23H25F3N4O4. The van der Waals surface area contributed by atoms with E-state index in [1.54, 1.807) is 13.3 Å². The number of carbonyl (C=O) groups is 2. The van der Waals surface area contributed by atoms with E-state index < -0.39 is 12.1 Å². The summed E-state index contributed by atoms with van der Waals surface area (Å²) < 4.78 is 39.4. The fourth-order valence-corrected chi connectivity index (χ4v) is 3.80. The zero-order valence-electron chi connectivity index (χ0n) is 18.7. The van der Waals surface area contributed by atoms with E-state index in [2.05, 4.69) is 19.9 Å². The zero-order chi connectivity index (χ0) is 24.9. The Morgan fingerprint density at radius 3 is 2.59 bits per heavy atom. The highest BCUT2D eigenvalue weighted by atomic mass is 19.4. The fraction of sp³-hybridized carbons (Fsp3) is 0.348. The number of rotatable bonds is 5. The average molecular weight is 478 g/mol. The fourth-order valence-electron chi connectivity index (χ4n) is 3.80. The first-order chi connectivity index (χ1) is 16.1. The number of aromatic nitrogens is 3. The number of halogens is 3. The highest BCUT2D eigenvalue weighted by molar-refractivity contribution is 6.01. The Morgan fingerprint density at radius 1 is 1.21 bits per heavy atom. The van der Waals surface area contributed by atoms with Crippen LogP contribution < -0.4 is 10.1 Å². The molecule has 3 aromatic rings. The maximum Gasteiger partial charge on any atom is 0.490 e. The van der Waals surface area contributed by atoms with Crippen molar-refractivity contribution in [3.05, 3.63) is 59.4 Å². The van der Waals surface area contributed by atoms with Gasteiger partial charge in [-0.2, -0.15) is 13.2 Å². The summed E-state index contributed by atoms with van der Waals surface area (Å²) in [6.07, 6.45) is 1.85. The molecule has 0 spiro atoms. The van der Waals surface area contributed by atoms with Crippen molar-refractivity contribution in [1.82, 2.24) is 19.9 Å². The van der Waals surface area contributed by atoms with Crippen molar-refractivity contribution in [2.24, 2.45) is 0 Å². The predicted molar refractivity (Wildman–Crippen MR) is 118 cm³/mol. The van der Waals surface area contributed by atoms with Crippen LogP contribution in [0.5, 0.6) is 5.75 Å². The number of aromatic amines is 1. The van der Waals surface area contributed by atoms with Gasteiger partial charge in [-0.25, -0.2) is 9.78 Å². The molecule has 34 heavy (non-hydrogen) atoms. The highest BCUT2D eigenvalue weighted by Gasteiger charge is 2.38. The Morgan fingerprint density at radius 2 is 1.91 bits per heavy atom. The van der Waals surface area contributed by atoms with Crippen LogP contribution in [-0.2, 0) is 24.3 Å². The number of amides is 1. The Kier molecular flexibility index (Phi) is 7.64. The minimum absolute atomic E-state index is 0.108. The molecule has 2 aromatic heterocycles. The van der Waals surface area contributed by atoms with Crippen molar-refractivity contribution >= 4 is 11.9 Å². The molecule has 0 atom stereocenters. The van der Waals surface area contributed by atoms with Gasteiger partial charge >= 0.3 is 12.1 Å². The Hall–Kier alpha value is -3.76. The molecule has 0 saturated carbocycles. The van der Waals surface area contributed by atoms with E-state index in [0.29, 0.717) is 12.1 Å². The molecule has 0 saturated heterocycles. The number of ether oxygens (including phenoxy) is 1. The van der Waals surface area contributed by atoms with Crippen LogP contribution >= 0.6 is 0 Å². The summed E-state index contributed by atoms with van der Waals surface area (Å²) in [6, 6.07) is 7.71. The topological polar surface area (TPSA) is 109 Å². The largest absolute Gasteiger partial charge is 0.496 e. The Bertz CT molecular complexity index is 1170. The highest BCUT2D eigenvalue weighted by Crippen LogP contribution is 2.32. The van der Waals surface area contributed by atoms with Crippen LogP contribution in [0.3, 0.4) is 0 Å². The minimum Gasteiger partial charge on any atom is -0.496 e. The summed E-state index contributed by atoms with van der Waals surface area (Å²) in [5.41, 5.74) is 4.44. The number of hydrogen-bond donors (Lipinski definition) is 3. The molecule has 0 unspecified atom stereocenters. The number of nitrogens with one attached hydrogen (secondary N) is 2. The van der Waals surface area contributed by atoms with Crippen LogP contribution in [0.15, 0.2) is 36.7 Å². The molecule has 3 heterocycles. The lowest BCUT2D eigenvalue weighted by Crippen LogP contribution is -2.25.